The molecule has 1 aromatic carbocycles. The zero-order chi connectivity index (χ0) is 16.4. The molecule has 0 amide bonds. The number of hydrogen-bond acceptors (Lipinski definition) is 4. The zero-order valence-electron chi connectivity index (χ0n) is 14.1. The molecule has 1 aliphatic heterocycles. The van der Waals surface area contributed by atoms with Gasteiger partial charge in [0.15, 0.2) is 0 Å². The van der Waals surface area contributed by atoms with Crippen LogP contribution in [0.15, 0.2) is 35.4 Å². The molecule has 3 rings (SSSR count). The summed E-state index contributed by atoms with van der Waals surface area (Å²) < 4.78 is 3.16. The topological polar surface area (TPSA) is 46.3 Å². The third kappa shape index (κ3) is 3.17. The lowest BCUT2D eigenvalue weighted by Crippen LogP contribution is -2.44. The van der Waals surface area contributed by atoms with Gasteiger partial charge in [-0.2, -0.15) is 5.10 Å². The normalized spacial score (nSPS) is 17.4. The SMILES string of the molecule is CCC(C)n1ncn(-c2ccc(N3CCN(C)CC3)cc2)c1=O. The van der Waals surface area contributed by atoms with Crippen molar-refractivity contribution in [2.24, 2.45) is 0 Å². The number of piperazine rings is 1. The summed E-state index contributed by atoms with van der Waals surface area (Å²) >= 11 is 0. The average molecular weight is 315 g/mol. The number of anilines is 1. The molecule has 0 N–H and O–H groups in total. The van der Waals surface area contributed by atoms with Crippen LogP contribution < -0.4 is 10.6 Å². The minimum absolute atomic E-state index is 0.0771. The first-order valence-electron chi connectivity index (χ1n) is 8.30. The van der Waals surface area contributed by atoms with Crippen LogP contribution in [0, 0.1) is 0 Å². The Kier molecular flexibility index (Phi) is 4.52. The van der Waals surface area contributed by atoms with Crippen LogP contribution in [0.5, 0.6) is 0 Å². The van der Waals surface area contributed by atoms with E-state index in [1.54, 1.807) is 15.6 Å². The minimum Gasteiger partial charge on any atom is -0.369 e. The van der Waals surface area contributed by atoms with E-state index < -0.39 is 0 Å². The summed E-state index contributed by atoms with van der Waals surface area (Å²) in [4.78, 5) is 17.2. The molecular formula is C17H25N5O. The molecular weight excluding hydrogens is 290 g/mol. The molecule has 1 atom stereocenters. The van der Waals surface area contributed by atoms with Crippen LogP contribution in [0.2, 0.25) is 0 Å². The molecule has 1 unspecified atom stereocenters. The molecule has 2 aromatic rings. The van der Waals surface area contributed by atoms with E-state index in [9.17, 15) is 4.79 Å². The van der Waals surface area contributed by atoms with Crippen molar-refractivity contribution in [2.45, 2.75) is 26.3 Å². The van der Waals surface area contributed by atoms with Crippen LogP contribution in [0.4, 0.5) is 5.69 Å². The van der Waals surface area contributed by atoms with Gasteiger partial charge in [0, 0.05) is 31.9 Å². The predicted molar refractivity (Wildman–Crippen MR) is 92.5 cm³/mol. The van der Waals surface area contributed by atoms with Crippen LogP contribution in [0.25, 0.3) is 5.69 Å². The van der Waals surface area contributed by atoms with Crippen molar-refractivity contribution in [1.29, 1.82) is 0 Å². The van der Waals surface area contributed by atoms with Crippen LogP contribution in [-0.2, 0) is 0 Å². The fourth-order valence-electron chi connectivity index (χ4n) is 2.86. The van der Waals surface area contributed by atoms with Crippen molar-refractivity contribution in [3.05, 3.63) is 41.1 Å². The third-order valence-electron chi connectivity index (χ3n) is 4.70. The van der Waals surface area contributed by atoms with Gasteiger partial charge in [0.05, 0.1) is 11.7 Å². The highest BCUT2D eigenvalue weighted by Crippen LogP contribution is 2.18. The molecule has 6 heteroatoms. The van der Waals surface area contributed by atoms with Crippen molar-refractivity contribution >= 4 is 5.69 Å². The van der Waals surface area contributed by atoms with E-state index in [-0.39, 0.29) is 11.7 Å². The van der Waals surface area contributed by atoms with E-state index in [2.05, 4.69) is 41.0 Å². The van der Waals surface area contributed by atoms with E-state index in [4.69, 9.17) is 0 Å². The molecule has 0 aliphatic carbocycles. The van der Waals surface area contributed by atoms with Gasteiger partial charge in [0.2, 0.25) is 0 Å². The lowest BCUT2D eigenvalue weighted by Gasteiger charge is -2.34. The van der Waals surface area contributed by atoms with Crippen LogP contribution in [-0.4, -0.2) is 52.5 Å². The number of aromatic nitrogens is 3. The Bertz CT molecular complexity index is 695. The van der Waals surface area contributed by atoms with Crippen molar-refractivity contribution in [2.75, 3.05) is 38.1 Å². The van der Waals surface area contributed by atoms with E-state index in [0.29, 0.717) is 0 Å². The van der Waals surface area contributed by atoms with Gasteiger partial charge < -0.3 is 9.80 Å². The second-order valence-corrected chi connectivity index (χ2v) is 6.29. The maximum atomic E-state index is 12.4. The molecule has 1 saturated heterocycles. The molecule has 1 aliphatic rings. The Hall–Kier alpha value is -2.08. The Labute approximate surface area is 136 Å². The Morgan fingerprint density at radius 1 is 1.09 bits per heavy atom. The number of rotatable bonds is 4. The standard InChI is InChI=1S/C17H25N5O/c1-4-14(2)22-17(23)21(13-18-22)16-7-5-15(6-8-16)20-11-9-19(3)10-12-20/h5-8,13-14H,4,9-12H2,1-3H3. The summed E-state index contributed by atoms with van der Waals surface area (Å²) in [6.45, 7) is 8.32. The van der Waals surface area contributed by atoms with Crippen molar-refractivity contribution in [1.82, 2.24) is 19.2 Å². The fraction of sp³-hybridized carbons (Fsp3) is 0.529. The average Bonchev–Trinajstić information content (AvgIpc) is 2.96. The van der Waals surface area contributed by atoms with E-state index >= 15 is 0 Å². The van der Waals surface area contributed by atoms with Gasteiger partial charge >= 0.3 is 5.69 Å². The van der Waals surface area contributed by atoms with Gasteiger partial charge in [0.25, 0.3) is 0 Å². The maximum Gasteiger partial charge on any atom is 0.350 e. The zero-order valence-corrected chi connectivity index (χ0v) is 14.1. The Morgan fingerprint density at radius 2 is 1.70 bits per heavy atom. The summed E-state index contributed by atoms with van der Waals surface area (Å²) in [6.07, 6.45) is 2.50. The van der Waals surface area contributed by atoms with Gasteiger partial charge in [-0.15, -0.1) is 0 Å². The summed E-state index contributed by atoms with van der Waals surface area (Å²) in [7, 11) is 2.15. The number of benzene rings is 1. The Morgan fingerprint density at radius 3 is 2.30 bits per heavy atom. The second-order valence-electron chi connectivity index (χ2n) is 6.29. The molecule has 0 radical (unpaired) electrons. The lowest BCUT2D eigenvalue weighted by molar-refractivity contribution is 0.313. The minimum atomic E-state index is -0.0771. The fourth-order valence-corrected chi connectivity index (χ4v) is 2.86. The van der Waals surface area contributed by atoms with E-state index in [1.807, 2.05) is 19.1 Å². The summed E-state index contributed by atoms with van der Waals surface area (Å²) in [6, 6.07) is 8.30. The molecule has 6 nitrogen and oxygen atoms in total. The summed E-state index contributed by atoms with van der Waals surface area (Å²) in [5.74, 6) is 0. The number of hydrogen-bond donors (Lipinski definition) is 0. The first kappa shape index (κ1) is 15.8. The van der Waals surface area contributed by atoms with Crippen LogP contribution >= 0.6 is 0 Å². The maximum absolute atomic E-state index is 12.4. The van der Waals surface area contributed by atoms with E-state index in [1.165, 1.54) is 5.69 Å². The van der Waals surface area contributed by atoms with Gasteiger partial charge in [-0.05, 0) is 44.7 Å². The number of likely N-dealkylation sites (N-methyl/N-ethyl adjacent to an activating group) is 1. The second kappa shape index (κ2) is 6.58. The highest BCUT2D eigenvalue weighted by molar-refractivity contribution is 5.51. The predicted octanol–water partition coefficient (Wildman–Crippen LogP) is 1.76. The molecule has 2 heterocycles. The molecule has 0 bridgehead atoms. The number of nitrogens with zero attached hydrogens (tertiary/aromatic N) is 5. The lowest BCUT2D eigenvalue weighted by atomic mass is 10.2. The van der Waals surface area contributed by atoms with Crippen LogP contribution in [0.3, 0.4) is 0 Å². The van der Waals surface area contributed by atoms with Gasteiger partial charge in [0.1, 0.15) is 6.33 Å². The largest absolute Gasteiger partial charge is 0.369 e. The van der Waals surface area contributed by atoms with Crippen molar-refractivity contribution < 1.29 is 0 Å². The monoisotopic (exact) mass is 315 g/mol. The highest BCUT2D eigenvalue weighted by Gasteiger charge is 2.15. The first-order valence-corrected chi connectivity index (χ1v) is 8.30. The van der Waals surface area contributed by atoms with Crippen LogP contribution in [0.1, 0.15) is 26.3 Å². The smallest absolute Gasteiger partial charge is 0.350 e. The van der Waals surface area contributed by atoms with Gasteiger partial charge in [-0.1, -0.05) is 6.92 Å². The highest BCUT2D eigenvalue weighted by atomic mass is 16.2. The molecule has 124 valence electrons. The Balaban J connectivity index is 1.80. The molecule has 23 heavy (non-hydrogen) atoms. The molecule has 0 saturated carbocycles. The van der Waals surface area contributed by atoms with Crippen molar-refractivity contribution in [3.63, 3.8) is 0 Å². The quantitative estimate of drug-likeness (QED) is 0.862. The first-order chi connectivity index (χ1) is 11.1. The van der Waals surface area contributed by atoms with Crippen molar-refractivity contribution in [3.8, 4) is 5.69 Å². The molecule has 1 aromatic heterocycles. The van der Waals surface area contributed by atoms with Gasteiger partial charge in [-0.25, -0.2) is 14.0 Å². The molecule has 1 fully saturated rings. The summed E-state index contributed by atoms with van der Waals surface area (Å²) in [5, 5.41) is 4.23. The van der Waals surface area contributed by atoms with Gasteiger partial charge in [-0.3, -0.25) is 0 Å². The molecule has 0 spiro atoms. The summed E-state index contributed by atoms with van der Waals surface area (Å²) in [5.41, 5.74) is 2.00. The third-order valence-corrected chi connectivity index (χ3v) is 4.70. The van der Waals surface area contributed by atoms with E-state index in [0.717, 1.165) is 38.3 Å².